The minimum Gasteiger partial charge on any atom is -0.426 e. The molecule has 1 atom stereocenters. The highest BCUT2D eigenvalue weighted by atomic mass is 16.5. The maximum Gasteiger partial charge on any atom is 0.308 e. The number of nitrogens with zero attached hydrogens (tertiary/aromatic N) is 1. The standard InChI is InChI=1S/C19H25NO4/c1-4-5-7-16(20-11-6-8-18(20)22)19(23)15-10-9-13(2)17(12-15)24-14(3)21/h9-10,12,16H,4-8,11H2,1-3H3. The Morgan fingerprint density at radius 1 is 1.33 bits per heavy atom. The lowest BCUT2D eigenvalue weighted by Gasteiger charge is -2.27. The molecule has 0 aromatic heterocycles. The second-order valence-corrected chi connectivity index (χ2v) is 6.29. The normalized spacial score (nSPS) is 15.5. The number of rotatable bonds is 7. The van der Waals surface area contributed by atoms with Gasteiger partial charge in [-0.25, -0.2) is 0 Å². The van der Waals surface area contributed by atoms with Crippen LogP contribution in [0.5, 0.6) is 5.75 Å². The number of ether oxygens (including phenoxy) is 1. The molecule has 0 spiro atoms. The van der Waals surface area contributed by atoms with Gasteiger partial charge in [0, 0.05) is 25.5 Å². The second-order valence-electron chi connectivity index (χ2n) is 6.29. The van der Waals surface area contributed by atoms with Gasteiger partial charge in [0.15, 0.2) is 5.78 Å². The van der Waals surface area contributed by atoms with E-state index in [0.29, 0.717) is 30.7 Å². The fourth-order valence-electron chi connectivity index (χ4n) is 3.04. The van der Waals surface area contributed by atoms with Crippen molar-refractivity contribution in [2.75, 3.05) is 6.54 Å². The Balaban J connectivity index is 2.28. The fourth-order valence-corrected chi connectivity index (χ4v) is 3.04. The van der Waals surface area contributed by atoms with E-state index >= 15 is 0 Å². The average Bonchev–Trinajstić information content (AvgIpc) is 2.95. The Bertz CT molecular complexity index is 638. The number of carbonyl (C=O) groups is 3. The first-order valence-electron chi connectivity index (χ1n) is 8.56. The summed E-state index contributed by atoms with van der Waals surface area (Å²) < 4.78 is 5.17. The maximum absolute atomic E-state index is 13.0. The summed E-state index contributed by atoms with van der Waals surface area (Å²) in [5.41, 5.74) is 1.28. The van der Waals surface area contributed by atoms with Crippen molar-refractivity contribution in [2.45, 2.75) is 58.9 Å². The number of benzene rings is 1. The molecular weight excluding hydrogens is 306 g/mol. The van der Waals surface area contributed by atoms with Crippen LogP contribution in [0.4, 0.5) is 0 Å². The Labute approximate surface area is 143 Å². The van der Waals surface area contributed by atoms with Gasteiger partial charge in [-0.15, -0.1) is 0 Å². The van der Waals surface area contributed by atoms with Crippen molar-refractivity contribution in [3.8, 4) is 5.75 Å². The number of hydrogen-bond donors (Lipinski definition) is 0. The largest absolute Gasteiger partial charge is 0.426 e. The molecule has 0 N–H and O–H groups in total. The van der Waals surface area contributed by atoms with Crippen molar-refractivity contribution >= 4 is 17.7 Å². The Hall–Kier alpha value is -2.17. The Kier molecular flexibility index (Phi) is 6.12. The third-order valence-corrected chi connectivity index (χ3v) is 4.35. The van der Waals surface area contributed by atoms with Gasteiger partial charge in [0.25, 0.3) is 0 Å². The monoisotopic (exact) mass is 331 g/mol. The van der Waals surface area contributed by atoms with Gasteiger partial charge in [-0.1, -0.05) is 31.9 Å². The molecule has 1 aromatic rings. The quantitative estimate of drug-likeness (QED) is 0.437. The van der Waals surface area contributed by atoms with Crippen LogP contribution in [0.25, 0.3) is 0 Å². The number of esters is 1. The highest BCUT2D eigenvalue weighted by Crippen LogP contribution is 2.25. The van der Waals surface area contributed by atoms with Gasteiger partial charge in [0.05, 0.1) is 6.04 Å². The summed E-state index contributed by atoms with van der Waals surface area (Å²) in [6.45, 7) is 5.87. The molecule has 0 saturated carbocycles. The van der Waals surface area contributed by atoms with E-state index in [1.165, 1.54) is 6.92 Å². The summed E-state index contributed by atoms with van der Waals surface area (Å²) in [6.07, 6.45) is 3.85. The van der Waals surface area contributed by atoms with Gasteiger partial charge in [-0.05, 0) is 31.4 Å². The average molecular weight is 331 g/mol. The smallest absolute Gasteiger partial charge is 0.308 e. The predicted molar refractivity (Wildman–Crippen MR) is 91.1 cm³/mol. The zero-order valence-electron chi connectivity index (χ0n) is 14.6. The topological polar surface area (TPSA) is 63.7 Å². The summed E-state index contributed by atoms with van der Waals surface area (Å²) in [7, 11) is 0. The third-order valence-electron chi connectivity index (χ3n) is 4.35. The Morgan fingerprint density at radius 2 is 2.08 bits per heavy atom. The molecule has 1 unspecified atom stereocenters. The lowest BCUT2D eigenvalue weighted by Crippen LogP contribution is -2.42. The molecule has 5 nitrogen and oxygen atoms in total. The summed E-state index contributed by atoms with van der Waals surface area (Å²) in [5.74, 6) is -0.0424. The second kappa shape index (κ2) is 8.08. The van der Waals surface area contributed by atoms with Crippen LogP contribution in [-0.4, -0.2) is 35.1 Å². The number of aryl methyl sites for hydroxylation is 1. The summed E-state index contributed by atoms with van der Waals surface area (Å²) in [4.78, 5) is 38.0. The van der Waals surface area contributed by atoms with Crippen molar-refractivity contribution in [2.24, 2.45) is 0 Å². The van der Waals surface area contributed by atoms with E-state index < -0.39 is 12.0 Å². The number of hydrogen-bond acceptors (Lipinski definition) is 4. The van der Waals surface area contributed by atoms with Gasteiger partial charge in [-0.2, -0.15) is 0 Å². The summed E-state index contributed by atoms with van der Waals surface area (Å²) in [6, 6.07) is 4.70. The zero-order chi connectivity index (χ0) is 17.7. The minimum atomic E-state index is -0.423. The molecule has 5 heteroatoms. The minimum absolute atomic E-state index is 0.0526. The van der Waals surface area contributed by atoms with E-state index in [9.17, 15) is 14.4 Å². The van der Waals surface area contributed by atoms with Crippen LogP contribution in [0.3, 0.4) is 0 Å². The van der Waals surface area contributed by atoms with Crippen LogP contribution >= 0.6 is 0 Å². The van der Waals surface area contributed by atoms with E-state index in [1.54, 1.807) is 23.1 Å². The molecule has 0 bridgehead atoms. The molecule has 1 saturated heterocycles. The van der Waals surface area contributed by atoms with Crippen molar-refractivity contribution in [1.29, 1.82) is 0 Å². The van der Waals surface area contributed by atoms with Crippen LogP contribution < -0.4 is 4.74 Å². The van der Waals surface area contributed by atoms with Crippen LogP contribution in [0.1, 0.15) is 61.9 Å². The van der Waals surface area contributed by atoms with Gasteiger partial charge in [0.2, 0.25) is 5.91 Å². The molecule has 0 radical (unpaired) electrons. The van der Waals surface area contributed by atoms with Gasteiger partial charge in [0.1, 0.15) is 5.75 Å². The summed E-state index contributed by atoms with van der Waals surface area (Å²) in [5, 5.41) is 0. The van der Waals surface area contributed by atoms with Crippen molar-refractivity contribution in [1.82, 2.24) is 4.90 Å². The lowest BCUT2D eigenvalue weighted by molar-refractivity contribution is -0.132. The van der Waals surface area contributed by atoms with Crippen LogP contribution in [0.2, 0.25) is 0 Å². The van der Waals surface area contributed by atoms with Crippen molar-refractivity contribution in [3.63, 3.8) is 0 Å². The number of amides is 1. The van der Waals surface area contributed by atoms with E-state index in [1.807, 2.05) is 6.92 Å². The van der Waals surface area contributed by atoms with Crippen LogP contribution in [-0.2, 0) is 9.59 Å². The molecule has 1 amide bonds. The number of carbonyl (C=O) groups excluding carboxylic acids is 3. The van der Waals surface area contributed by atoms with Crippen molar-refractivity contribution in [3.05, 3.63) is 29.3 Å². The fraction of sp³-hybridized carbons (Fsp3) is 0.526. The Morgan fingerprint density at radius 3 is 2.67 bits per heavy atom. The lowest BCUT2D eigenvalue weighted by atomic mass is 9.97. The first-order chi connectivity index (χ1) is 11.4. The number of unbranched alkanes of at least 4 members (excludes halogenated alkanes) is 1. The van der Waals surface area contributed by atoms with E-state index in [0.717, 1.165) is 24.8 Å². The molecule has 24 heavy (non-hydrogen) atoms. The molecule has 1 heterocycles. The van der Waals surface area contributed by atoms with Crippen molar-refractivity contribution < 1.29 is 19.1 Å². The molecule has 1 fully saturated rings. The first-order valence-corrected chi connectivity index (χ1v) is 8.56. The van der Waals surface area contributed by atoms with Gasteiger partial charge >= 0.3 is 5.97 Å². The molecule has 1 aromatic carbocycles. The molecule has 2 rings (SSSR count). The predicted octanol–water partition coefficient (Wildman–Crippen LogP) is 3.28. The number of likely N-dealkylation sites (tertiary alicyclic amines) is 1. The zero-order valence-corrected chi connectivity index (χ0v) is 14.6. The van der Waals surface area contributed by atoms with Gasteiger partial charge in [-0.3, -0.25) is 14.4 Å². The summed E-state index contributed by atoms with van der Waals surface area (Å²) >= 11 is 0. The molecule has 1 aliphatic rings. The van der Waals surface area contributed by atoms with Crippen LogP contribution in [0, 0.1) is 6.92 Å². The SMILES string of the molecule is CCCCC(C(=O)c1ccc(C)c(OC(C)=O)c1)N1CCCC1=O. The number of ketones is 1. The van der Waals surface area contributed by atoms with E-state index in [2.05, 4.69) is 6.92 Å². The van der Waals surface area contributed by atoms with E-state index in [-0.39, 0.29) is 11.7 Å². The first kappa shape index (κ1) is 18.2. The molecule has 130 valence electrons. The molecular formula is C19H25NO4. The third kappa shape index (κ3) is 4.22. The van der Waals surface area contributed by atoms with Gasteiger partial charge < -0.3 is 9.64 Å². The molecule has 1 aliphatic heterocycles. The van der Waals surface area contributed by atoms with Crippen LogP contribution in [0.15, 0.2) is 18.2 Å². The molecule has 0 aliphatic carbocycles. The highest BCUT2D eigenvalue weighted by molar-refractivity contribution is 6.02. The number of Topliss-reactive ketones (excluding diaryl/α,β-unsaturated/α-hetero) is 1. The highest BCUT2D eigenvalue weighted by Gasteiger charge is 2.33. The maximum atomic E-state index is 13.0. The van der Waals surface area contributed by atoms with E-state index in [4.69, 9.17) is 4.74 Å².